The van der Waals surface area contributed by atoms with Crippen molar-refractivity contribution in [2.45, 2.75) is 45.6 Å². The Balaban J connectivity index is 2.26. The highest BCUT2D eigenvalue weighted by molar-refractivity contribution is 5.27. The Morgan fingerprint density at radius 1 is 1.31 bits per heavy atom. The van der Waals surface area contributed by atoms with Gasteiger partial charge in [-0.25, -0.2) is 4.39 Å². The maximum absolute atomic E-state index is 13.2. The first-order chi connectivity index (χ1) is 7.53. The van der Waals surface area contributed by atoms with Gasteiger partial charge in [0, 0.05) is 6.04 Å². The van der Waals surface area contributed by atoms with Crippen LogP contribution in [0.5, 0.6) is 0 Å². The molecule has 0 heterocycles. The molecular weight excluding hydrogens is 201 g/mol. The molecule has 2 rings (SSSR count). The van der Waals surface area contributed by atoms with E-state index in [0.717, 1.165) is 5.56 Å². The van der Waals surface area contributed by atoms with E-state index >= 15 is 0 Å². The molecule has 2 heteroatoms. The van der Waals surface area contributed by atoms with Crippen molar-refractivity contribution in [3.8, 4) is 0 Å². The van der Waals surface area contributed by atoms with Crippen LogP contribution >= 0.6 is 0 Å². The lowest BCUT2D eigenvalue weighted by Gasteiger charge is -2.31. The molecule has 1 saturated carbocycles. The Labute approximate surface area is 96.9 Å². The standard InChI is InChI=1S/C14H20FN/c1-10-9-11(5-6-12(10)15)13(16)14(2)7-3-4-8-14/h5-6,9,13H,3-4,7-8,16H2,1-2H3. The summed E-state index contributed by atoms with van der Waals surface area (Å²) in [7, 11) is 0. The lowest BCUT2D eigenvalue weighted by molar-refractivity contribution is 0.265. The highest BCUT2D eigenvalue weighted by Gasteiger charge is 2.35. The molecule has 16 heavy (non-hydrogen) atoms. The fraction of sp³-hybridized carbons (Fsp3) is 0.571. The number of rotatable bonds is 2. The van der Waals surface area contributed by atoms with Gasteiger partial charge in [-0.3, -0.25) is 0 Å². The van der Waals surface area contributed by atoms with Crippen molar-refractivity contribution in [3.63, 3.8) is 0 Å². The van der Waals surface area contributed by atoms with Crippen LogP contribution in [0.3, 0.4) is 0 Å². The summed E-state index contributed by atoms with van der Waals surface area (Å²) < 4.78 is 13.2. The van der Waals surface area contributed by atoms with Crippen LogP contribution in [0.2, 0.25) is 0 Å². The van der Waals surface area contributed by atoms with Gasteiger partial charge in [0.05, 0.1) is 0 Å². The van der Waals surface area contributed by atoms with Crippen LogP contribution in [0.15, 0.2) is 18.2 Å². The van der Waals surface area contributed by atoms with Crippen LogP contribution in [0.4, 0.5) is 4.39 Å². The van der Waals surface area contributed by atoms with Crippen LogP contribution < -0.4 is 5.73 Å². The fourth-order valence-electron chi connectivity index (χ4n) is 2.76. The zero-order valence-electron chi connectivity index (χ0n) is 10.1. The van der Waals surface area contributed by atoms with Crippen molar-refractivity contribution in [2.24, 2.45) is 11.1 Å². The molecule has 0 radical (unpaired) electrons. The molecule has 1 nitrogen and oxygen atoms in total. The van der Waals surface area contributed by atoms with Gasteiger partial charge < -0.3 is 5.73 Å². The molecule has 1 fully saturated rings. The number of benzene rings is 1. The van der Waals surface area contributed by atoms with Crippen molar-refractivity contribution in [3.05, 3.63) is 35.1 Å². The molecule has 0 spiro atoms. The molecule has 0 aliphatic heterocycles. The number of nitrogens with two attached hydrogens (primary N) is 1. The Morgan fingerprint density at radius 3 is 2.50 bits per heavy atom. The average molecular weight is 221 g/mol. The van der Waals surface area contributed by atoms with Crippen LogP contribution in [0, 0.1) is 18.2 Å². The van der Waals surface area contributed by atoms with Crippen molar-refractivity contribution < 1.29 is 4.39 Å². The minimum absolute atomic E-state index is 0.0364. The van der Waals surface area contributed by atoms with Crippen LogP contribution in [0.25, 0.3) is 0 Å². The second-order valence-corrected chi connectivity index (χ2v) is 5.35. The lowest BCUT2D eigenvalue weighted by Crippen LogP contribution is -2.29. The van der Waals surface area contributed by atoms with E-state index in [1.165, 1.54) is 31.7 Å². The molecule has 1 aliphatic rings. The first-order valence-corrected chi connectivity index (χ1v) is 6.04. The smallest absolute Gasteiger partial charge is 0.126 e. The van der Waals surface area contributed by atoms with Crippen molar-refractivity contribution in [1.29, 1.82) is 0 Å². The van der Waals surface area contributed by atoms with E-state index in [4.69, 9.17) is 5.73 Å². The summed E-state index contributed by atoms with van der Waals surface area (Å²) in [6.45, 7) is 4.05. The maximum atomic E-state index is 13.2. The van der Waals surface area contributed by atoms with Crippen molar-refractivity contribution >= 4 is 0 Å². The van der Waals surface area contributed by atoms with E-state index in [1.807, 2.05) is 12.1 Å². The van der Waals surface area contributed by atoms with Gasteiger partial charge in [0.15, 0.2) is 0 Å². The van der Waals surface area contributed by atoms with Crippen LogP contribution in [0.1, 0.15) is 49.8 Å². The van der Waals surface area contributed by atoms with E-state index in [1.54, 1.807) is 6.92 Å². The first-order valence-electron chi connectivity index (χ1n) is 6.04. The Morgan fingerprint density at radius 2 is 1.94 bits per heavy atom. The predicted molar refractivity (Wildman–Crippen MR) is 64.6 cm³/mol. The highest BCUT2D eigenvalue weighted by atomic mass is 19.1. The van der Waals surface area contributed by atoms with Gasteiger partial charge >= 0.3 is 0 Å². The highest BCUT2D eigenvalue weighted by Crippen LogP contribution is 2.45. The Kier molecular flexibility index (Phi) is 3.02. The van der Waals surface area contributed by atoms with Gasteiger partial charge in [0.1, 0.15) is 5.82 Å². The van der Waals surface area contributed by atoms with E-state index < -0.39 is 0 Å². The summed E-state index contributed by atoms with van der Waals surface area (Å²) in [5.74, 6) is -0.146. The summed E-state index contributed by atoms with van der Waals surface area (Å²) in [6.07, 6.45) is 4.91. The minimum Gasteiger partial charge on any atom is -0.323 e. The van der Waals surface area contributed by atoms with E-state index in [2.05, 4.69) is 6.92 Å². The third kappa shape index (κ3) is 1.99. The Bertz CT molecular complexity index is 380. The van der Waals surface area contributed by atoms with Crippen LogP contribution in [-0.2, 0) is 0 Å². The fourth-order valence-corrected chi connectivity index (χ4v) is 2.76. The largest absolute Gasteiger partial charge is 0.323 e. The number of aryl methyl sites for hydroxylation is 1. The topological polar surface area (TPSA) is 26.0 Å². The normalized spacial score (nSPS) is 21.0. The molecule has 0 aromatic heterocycles. The van der Waals surface area contributed by atoms with Gasteiger partial charge in [-0.1, -0.05) is 31.9 Å². The summed E-state index contributed by atoms with van der Waals surface area (Å²) in [4.78, 5) is 0. The Hall–Kier alpha value is -0.890. The van der Waals surface area contributed by atoms with E-state index in [0.29, 0.717) is 5.56 Å². The van der Waals surface area contributed by atoms with Crippen LogP contribution in [-0.4, -0.2) is 0 Å². The number of hydrogen-bond donors (Lipinski definition) is 1. The quantitative estimate of drug-likeness (QED) is 0.809. The number of hydrogen-bond acceptors (Lipinski definition) is 1. The zero-order valence-corrected chi connectivity index (χ0v) is 10.1. The summed E-state index contributed by atoms with van der Waals surface area (Å²) in [5, 5.41) is 0. The third-order valence-electron chi connectivity index (χ3n) is 4.04. The van der Waals surface area contributed by atoms with Gasteiger partial charge in [-0.2, -0.15) is 0 Å². The van der Waals surface area contributed by atoms with Crippen molar-refractivity contribution in [1.82, 2.24) is 0 Å². The SMILES string of the molecule is Cc1cc(C(N)C2(C)CCCC2)ccc1F. The third-order valence-corrected chi connectivity index (χ3v) is 4.04. The summed E-state index contributed by atoms with van der Waals surface area (Å²) >= 11 is 0. The molecule has 1 aromatic rings. The molecule has 1 aromatic carbocycles. The molecule has 2 N–H and O–H groups in total. The van der Waals surface area contributed by atoms with Gasteiger partial charge in [0.25, 0.3) is 0 Å². The van der Waals surface area contributed by atoms with Crippen molar-refractivity contribution in [2.75, 3.05) is 0 Å². The molecule has 0 saturated heterocycles. The molecule has 1 unspecified atom stereocenters. The second-order valence-electron chi connectivity index (χ2n) is 5.35. The zero-order chi connectivity index (χ0) is 11.8. The lowest BCUT2D eigenvalue weighted by atomic mass is 9.77. The molecule has 88 valence electrons. The second kappa shape index (κ2) is 4.17. The van der Waals surface area contributed by atoms with E-state index in [-0.39, 0.29) is 17.3 Å². The molecule has 1 aliphatic carbocycles. The summed E-state index contributed by atoms with van der Waals surface area (Å²) in [5.41, 5.74) is 8.29. The molecule has 1 atom stereocenters. The number of halogens is 1. The molecule has 0 bridgehead atoms. The monoisotopic (exact) mass is 221 g/mol. The minimum atomic E-state index is -0.146. The van der Waals surface area contributed by atoms with Gasteiger partial charge in [0.2, 0.25) is 0 Å². The molecule has 0 amide bonds. The summed E-state index contributed by atoms with van der Waals surface area (Å²) in [6, 6.07) is 5.29. The van der Waals surface area contributed by atoms with Gasteiger partial charge in [-0.15, -0.1) is 0 Å². The average Bonchev–Trinajstić information content (AvgIpc) is 2.70. The molecular formula is C14H20FN. The maximum Gasteiger partial charge on any atom is 0.126 e. The first kappa shape index (κ1) is 11.6. The van der Waals surface area contributed by atoms with Gasteiger partial charge in [-0.05, 0) is 42.4 Å². The van der Waals surface area contributed by atoms with E-state index in [9.17, 15) is 4.39 Å². The predicted octanol–water partition coefficient (Wildman–Crippen LogP) is 3.71.